The minimum absolute atomic E-state index is 0.0566. The third kappa shape index (κ3) is 3.80. The van der Waals surface area contributed by atoms with E-state index in [0.29, 0.717) is 12.1 Å². The molecule has 30 heavy (non-hydrogen) atoms. The van der Waals surface area contributed by atoms with Crippen LogP contribution in [0.3, 0.4) is 0 Å². The van der Waals surface area contributed by atoms with Crippen LogP contribution < -0.4 is 5.32 Å². The fourth-order valence-corrected chi connectivity index (χ4v) is 3.72. The summed E-state index contributed by atoms with van der Waals surface area (Å²) in [4.78, 5) is 26.8. The van der Waals surface area contributed by atoms with Crippen molar-refractivity contribution in [2.24, 2.45) is 0 Å². The van der Waals surface area contributed by atoms with E-state index in [1.807, 2.05) is 54.7 Å². The number of aryl methyl sites for hydroxylation is 1. The maximum atomic E-state index is 12.8. The van der Waals surface area contributed by atoms with Gasteiger partial charge in [0.05, 0.1) is 4.92 Å². The first kappa shape index (κ1) is 19.4. The summed E-state index contributed by atoms with van der Waals surface area (Å²) >= 11 is 0. The molecule has 150 valence electrons. The van der Waals surface area contributed by atoms with Gasteiger partial charge in [0.15, 0.2) is 0 Å². The molecule has 1 unspecified atom stereocenters. The Bertz CT molecular complexity index is 1210. The number of aromatic nitrogens is 1. The van der Waals surface area contributed by atoms with Crippen LogP contribution in [-0.2, 0) is 0 Å². The second-order valence-corrected chi connectivity index (χ2v) is 7.22. The number of nitrogens with zero attached hydrogens (tertiary/aromatic N) is 1. The van der Waals surface area contributed by atoms with Gasteiger partial charge in [-0.1, -0.05) is 54.6 Å². The number of fused-ring (bicyclic) bond motifs is 1. The molecule has 1 amide bonds. The van der Waals surface area contributed by atoms with Gasteiger partial charge in [-0.3, -0.25) is 14.9 Å². The molecule has 0 aliphatic rings. The Morgan fingerprint density at radius 2 is 1.80 bits per heavy atom. The number of nitrogens with one attached hydrogen (secondary N) is 2. The van der Waals surface area contributed by atoms with E-state index in [-0.39, 0.29) is 23.1 Å². The molecule has 0 aliphatic heterocycles. The van der Waals surface area contributed by atoms with Crippen molar-refractivity contribution >= 4 is 22.5 Å². The van der Waals surface area contributed by atoms with Crippen LogP contribution in [0.5, 0.6) is 0 Å². The van der Waals surface area contributed by atoms with Gasteiger partial charge in [0.25, 0.3) is 11.6 Å². The first-order valence-electron chi connectivity index (χ1n) is 9.69. The number of H-pyrrole nitrogens is 1. The number of hydrogen-bond acceptors (Lipinski definition) is 3. The lowest BCUT2D eigenvalue weighted by Gasteiger charge is -2.18. The summed E-state index contributed by atoms with van der Waals surface area (Å²) in [6.07, 6.45) is 1.98. The van der Waals surface area contributed by atoms with Crippen LogP contribution in [0.1, 0.15) is 33.0 Å². The number of carbonyl (C=O) groups is 1. The van der Waals surface area contributed by atoms with Crippen molar-refractivity contribution in [2.75, 3.05) is 6.54 Å². The van der Waals surface area contributed by atoms with Crippen molar-refractivity contribution in [3.63, 3.8) is 0 Å². The van der Waals surface area contributed by atoms with Crippen LogP contribution in [0, 0.1) is 17.0 Å². The van der Waals surface area contributed by atoms with Gasteiger partial charge in [0, 0.05) is 46.8 Å². The summed E-state index contributed by atoms with van der Waals surface area (Å²) in [7, 11) is 0. The molecule has 2 N–H and O–H groups in total. The quantitative estimate of drug-likeness (QED) is 0.355. The van der Waals surface area contributed by atoms with Crippen LogP contribution >= 0.6 is 0 Å². The number of hydrogen-bond donors (Lipinski definition) is 2. The lowest BCUT2D eigenvalue weighted by atomic mass is 9.91. The third-order valence-corrected chi connectivity index (χ3v) is 5.33. The van der Waals surface area contributed by atoms with Gasteiger partial charge in [0.1, 0.15) is 0 Å². The summed E-state index contributed by atoms with van der Waals surface area (Å²) in [5.41, 5.74) is 3.95. The maximum absolute atomic E-state index is 12.8. The van der Waals surface area contributed by atoms with Gasteiger partial charge in [0.2, 0.25) is 0 Å². The Hall–Kier alpha value is -3.93. The Balaban J connectivity index is 1.63. The van der Waals surface area contributed by atoms with Crippen LogP contribution in [0.2, 0.25) is 0 Å². The summed E-state index contributed by atoms with van der Waals surface area (Å²) in [6.45, 7) is 2.02. The monoisotopic (exact) mass is 399 g/mol. The minimum atomic E-state index is -0.467. The number of nitro benzene ring substituents is 1. The lowest BCUT2D eigenvalue weighted by molar-refractivity contribution is -0.385. The summed E-state index contributed by atoms with van der Waals surface area (Å²) in [6, 6.07) is 22.6. The lowest BCUT2D eigenvalue weighted by Crippen LogP contribution is -2.29. The van der Waals surface area contributed by atoms with E-state index in [1.54, 1.807) is 19.1 Å². The summed E-state index contributed by atoms with van der Waals surface area (Å²) in [5, 5.41) is 15.3. The highest BCUT2D eigenvalue weighted by molar-refractivity contribution is 5.95. The highest BCUT2D eigenvalue weighted by Gasteiger charge is 2.20. The average Bonchev–Trinajstić information content (AvgIpc) is 3.19. The molecule has 6 nitrogen and oxygen atoms in total. The summed E-state index contributed by atoms with van der Waals surface area (Å²) in [5.74, 6) is -0.398. The van der Waals surface area contributed by atoms with Crippen molar-refractivity contribution < 1.29 is 9.72 Å². The number of aromatic amines is 1. The van der Waals surface area contributed by atoms with Gasteiger partial charge in [-0.25, -0.2) is 0 Å². The zero-order valence-electron chi connectivity index (χ0n) is 16.5. The van der Waals surface area contributed by atoms with Gasteiger partial charge in [-0.15, -0.1) is 0 Å². The molecule has 0 bridgehead atoms. The van der Waals surface area contributed by atoms with Gasteiger partial charge >= 0.3 is 0 Å². The number of nitro groups is 1. The van der Waals surface area contributed by atoms with Crippen LogP contribution in [0.15, 0.2) is 79.0 Å². The van der Waals surface area contributed by atoms with E-state index >= 15 is 0 Å². The van der Waals surface area contributed by atoms with Gasteiger partial charge in [-0.05, 0) is 30.2 Å². The van der Waals surface area contributed by atoms with Crippen molar-refractivity contribution in [2.45, 2.75) is 12.8 Å². The number of carbonyl (C=O) groups excluding carboxylic acids is 1. The van der Waals surface area contributed by atoms with Crippen molar-refractivity contribution in [1.29, 1.82) is 0 Å². The fraction of sp³-hybridized carbons (Fsp3) is 0.125. The SMILES string of the molecule is Cc1ccc(C(=O)NCC(c2ccccc2)c2c[nH]c3ccccc23)cc1[N+](=O)[O-]. The van der Waals surface area contributed by atoms with E-state index in [0.717, 1.165) is 22.0 Å². The largest absolute Gasteiger partial charge is 0.361 e. The molecule has 0 aliphatic carbocycles. The molecule has 0 saturated carbocycles. The van der Waals surface area contributed by atoms with Gasteiger partial charge < -0.3 is 10.3 Å². The highest BCUT2D eigenvalue weighted by atomic mass is 16.6. The topological polar surface area (TPSA) is 88.0 Å². The fourth-order valence-electron chi connectivity index (χ4n) is 3.72. The summed E-state index contributed by atoms with van der Waals surface area (Å²) < 4.78 is 0. The first-order chi connectivity index (χ1) is 14.5. The average molecular weight is 399 g/mol. The molecule has 3 aromatic carbocycles. The van der Waals surface area contributed by atoms with E-state index in [9.17, 15) is 14.9 Å². The van der Waals surface area contributed by atoms with E-state index in [2.05, 4.69) is 16.4 Å². The Morgan fingerprint density at radius 3 is 2.57 bits per heavy atom. The molecule has 0 spiro atoms. The van der Waals surface area contributed by atoms with Gasteiger partial charge in [-0.2, -0.15) is 0 Å². The second-order valence-electron chi connectivity index (χ2n) is 7.22. The predicted octanol–water partition coefficient (Wildman–Crippen LogP) is 4.95. The second kappa shape index (κ2) is 8.21. The molecule has 1 atom stereocenters. The van der Waals surface area contributed by atoms with E-state index in [4.69, 9.17) is 0 Å². The Labute approximate surface area is 173 Å². The molecule has 1 aromatic heterocycles. The number of benzene rings is 3. The third-order valence-electron chi connectivity index (χ3n) is 5.33. The molecule has 0 fully saturated rings. The molecule has 4 aromatic rings. The van der Waals surface area contributed by atoms with E-state index < -0.39 is 4.92 Å². The molecule has 1 heterocycles. The Kier molecular flexibility index (Phi) is 5.30. The standard InChI is InChI=1S/C24H21N3O3/c1-16-11-12-18(13-23(16)27(29)30)24(28)26-14-20(17-7-3-2-4-8-17)21-15-25-22-10-6-5-9-19(21)22/h2-13,15,20,25H,14H2,1H3,(H,26,28). The number of para-hydroxylation sites is 1. The minimum Gasteiger partial charge on any atom is -0.361 e. The molecular formula is C24H21N3O3. The normalized spacial score (nSPS) is 11.9. The number of rotatable bonds is 6. The molecule has 0 saturated heterocycles. The smallest absolute Gasteiger partial charge is 0.273 e. The van der Waals surface area contributed by atoms with Crippen molar-refractivity contribution in [3.05, 3.63) is 111 Å². The first-order valence-corrected chi connectivity index (χ1v) is 9.69. The maximum Gasteiger partial charge on any atom is 0.273 e. The van der Waals surface area contributed by atoms with E-state index in [1.165, 1.54) is 6.07 Å². The zero-order chi connectivity index (χ0) is 21.1. The number of amides is 1. The molecule has 6 heteroatoms. The van der Waals surface area contributed by atoms with Crippen LogP contribution in [0.25, 0.3) is 10.9 Å². The van der Waals surface area contributed by atoms with Crippen molar-refractivity contribution in [3.8, 4) is 0 Å². The predicted molar refractivity (Wildman–Crippen MR) is 117 cm³/mol. The van der Waals surface area contributed by atoms with Crippen LogP contribution in [-0.4, -0.2) is 22.4 Å². The molecular weight excluding hydrogens is 378 g/mol. The molecule has 0 radical (unpaired) electrons. The van der Waals surface area contributed by atoms with Crippen molar-refractivity contribution in [1.82, 2.24) is 10.3 Å². The highest BCUT2D eigenvalue weighted by Crippen LogP contribution is 2.30. The zero-order valence-corrected chi connectivity index (χ0v) is 16.5. The molecule has 4 rings (SSSR count). The van der Waals surface area contributed by atoms with Crippen LogP contribution in [0.4, 0.5) is 5.69 Å². The Morgan fingerprint density at radius 1 is 1.07 bits per heavy atom.